The Morgan fingerprint density at radius 2 is 2.00 bits per heavy atom. The van der Waals surface area contributed by atoms with E-state index in [9.17, 15) is 0 Å². The molecule has 1 saturated heterocycles. The Morgan fingerprint density at radius 3 is 2.58 bits per heavy atom. The van der Waals surface area contributed by atoms with Crippen LogP contribution in [0.4, 0.5) is 5.82 Å². The molecule has 0 spiro atoms. The number of halogens is 1. The summed E-state index contributed by atoms with van der Waals surface area (Å²) in [6.45, 7) is 8.99. The van der Waals surface area contributed by atoms with Gasteiger partial charge in [0.05, 0.1) is 0 Å². The zero-order valence-electron chi connectivity index (χ0n) is 12.2. The molecule has 0 amide bonds. The van der Waals surface area contributed by atoms with Crippen molar-refractivity contribution in [3.63, 3.8) is 0 Å². The normalized spacial score (nSPS) is 17.2. The summed E-state index contributed by atoms with van der Waals surface area (Å²) in [4.78, 5) is 11.0. The number of rotatable bonds is 4. The second-order valence-electron chi connectivity index (χ2n) is 5.79. The molecule has 0 aromatic carbocycles. The van der Waals surface area contributed by atoms with Crippen molar-refractivity contribution in [1.29, 1.82) is 0 Å². The molecule has 0 atom stereocenters. The van der Waals surface area contributed by atoms with Crippen LogP contribution < -0.4 is 4.90 Å². The third-order valence-electron chi connectivity index (χ3n) is 4.15. The third kappa shape index (κ3) is 3.38. The average Bonchev–Trinajstić information content (AvgIpc) is 2.41. The summed E-state index contributed by atoms with van der Waals surface area (Å²) in [7, 11) is 0. The Bertz CT molecular complexity index is 412. The molecule has 4 heteroatoms. The standard InChI is InChI=1S/C15H24ClN3/c1-4-5-13-14(16)17-10-18-15(13)19-8-6-12(7-9-19)11(2)3/h10-12H,4-9H2,1-3H3. The van der Waals surface area contributed by atoms with Gasteiger partial charge in [0.15, 0.2) is 0 Å². The zero-order valence-corrected chi connectivity index (χ0v) is 13.0. The molecule has 19 heavy (non-hydrogen) atoms. The predicted molar refractivity (Wildman–Crippen MR) is 80.8 cm³/mol. The molecule has 1 aromatic heterocycles. The number of aromatic nitrogens is 2. The van der Waals surface area contributed by atoms with Crippen LogP contribution in [-0.4, -0.2) is 23.1 Å². The maximum absolute atomic E-state index is 6.23. The molecule has 3 nitrogen and oxygen atoms in total. The fourth-order valence-corrected chi connectivity index (χ4v) is 3.12. The number of nitrogens with zero attached hydrogens (tertiary/aromatic N) is 3. The van der Waals surface area contributed by atoms with Crippen molar-refractivity contribution in [3.05, 3.63) is 17.0 Å². The average molecular weight is 282 g/mol. The molecule has 0 saturated carbocycles. The molecule has 0 radical (unpaired) electrons. The van der Waals surface area contributed by atoms with Crippen molar-refractivity contribution in [3.8, 4) is 0 Å². The second kappa shape index (κ2) is 6.56. The Labute approximate surface area is 121 Å². The first-order valence-electron chi connectivity index (χ1n) is 7.37. The molecule has 0 bridgehead atoms. The van der Waals surface area contributed by atoms with Gasteiger partial charge in [0.1, 0.15) is 17.3 Å². The van der Waals surface area contributed by atoms with Gasteiger partial charge in [0.25, 0.3) is 0 Å². The first kappa shape index (κ1) is 14.6. The maximum atomic E-state index is 6.23. The summed E-state index contributed by atoms with van der Waals surface area (Å²) in [5.74, 6) is 2.69. The molecule has 2 heterocycles. The minimum atomic E-state index is 0.623. The molecule has 1 aliphatic rings. The maximum Gasteiger partial charge on any atom is 0.137 e. The quantitative estimate of drug-likeness (QED) is 0.783. The topological polar surface area (TPSA) is 29.0 Å². The van der Waals surface area contributed by atoms with Crippen LogP contribution in [-0.2, 0) is 6.42 Å². The van der Waals surface area contributed by atoms with Gasteiger partial charge in [-0.1, -0.05) is 38.8 Å². The highest BCUT2D eigenvalue weighted by Gasteiger charge is 2.24. The van der Waals surface area contributed by atoms with E-state index in [1.165, 1.54) is 12.8 Å². The first-order chi connectivity index (χ1) is 9.13. The Hall–Kier alpha value is -0.830. The van der Waals surface area contributed by atoms with E-state index >= 15 is 0 Å². The van der Waals surface area contributed by atoms with E-state index in [4.69, 9.17) is 11.6 Å². The molecule has 0 unspecified atom stereocenters. The van der Waals surface area contributed by atoms with Gasteiger partial charge in [-0.2, -0.15) is 0 Å². The van der Waals surface area contributed by atoms with Crippen LogP contribution in [0.5, 0.6) is 0 Å². The highest BCUT2D eigenvalue weighted by molar-refractivity contribution is 6.30. The van der Waals surface area contributed by atoms with Crippen LogP contribution in [0, 0.1) is 11.8 Å². The summed E-state index contributed by atoms with van der Waals surface area (Å²) in [6, 6.07) is 0. The van der Waals surface area contributed by atoms with Crippen LogP contribution in [0.15, 0.2) is 6.33 Å². The summed E-state index contributed by atoms with van der Waals surface area (Å²) in [5.41, 5.74) is 1.12. The van der Waals surface area contributed by atoms with Gasteiger partial charge in [0.2, 0.25) is 0 Å². The van der Waals surface area contributed by atoms with Crippen LogP contribution in [0.1, 0.15) is 45.6 Å². The highest BCUT2D eigenvalue weighted by Crippen LogP contribution is 2.30. The Kier molecular flexibility index (Phi) is 5.03. The van der Waals surface area contributed by atoms with Gasteiger partial charge < -0.3 is 4.90 Å². The highest BCUT2D eigenvalue weighted by atomic mass is 35.5. The predicted octanol–water partition coefficient (Wildman–Crippen LogP) is 3.95. The molecule has 0 aliphatic carbocycles. The van der Waals surface area contributed by atoms with Crippen molar-refractivity contribution in [2.24, 2.45) is 11.8 Å². The number of hydrogen-bond donors (Lipinski definition) is 0. The van der Waals surface area contributed by atoms with Gasteiger partial charge in [0, 0.05) is 18.7 Å². The summed E-state index contributed by atoms with van der Waals surface area (Å²) >= 11 is 6.23. The van der Waals surface area contributed by atoms with Crippen molar-refractivity contribution in [2.45, 2.75) is 46.5 Å². The molecule has 1 aliphatic heterocycles. The Morgan fingerprint density at radius 1 is 1.32 bits per heavy atom. The molecule has 1 aromatic rings. The largest absolute Gasteiger partial charge is 0.356 e. The van der Waals surface area contributed by atoms with E-state index in [2.05, 4.69) is 35.6 Å². The second-order valence-corrected chi connectivity index (χ2v) is 6.14. The summed E-state index contributed by atoms with van der Waals surface area (Å²) in [6.07, 6.45) is 6.13. The van der Waals surface area contributed by atoms with Crippen LogP contribution in [0.25, 0.3) is 0 Å². The van der Waals surface area contributed by atoms with Crippen LogP contribution in [0.3, 0.4) is 0 Å². The minimum absolute atomic E-state index is 0.623. The van der Waals surface area contributed by atoms with Gasteiger partial charge in [-0.05, 0) is 31.1 Å². The van der Waals surface area contributed by atoms with Gasteiger partial charge in [-0.3, -0.25) is 0 Å². The number of anilines is 1. The lowest BCUT2D eigenvalue weighted by Gasteiger charge is -2.35. The van der Waals surface area contributed by atoms with Crippen LogP contribution >= 0.6 is 11.6 Å². The molecule has 106 valence electrons. The van der Waals surface area contributed by atoms with E-state index in [1.54, 1.807) is 6.33 Å². The lowest BCUT2D eigenvalue weighted by atomic mass is 9.86. The van der Waals surface area contributed by atoms with Gasteiger partial charge in [-0.25, -0.2) is 9.97 Å². The molecular formula is C15H24ClN3. The summed E-state index contributed by atoms with van der Waals surface area (Å²) < 4.78 is 0. The Balaban J connectivity index is 2.13. The van der Waals surface area contributed by atoms with E-state index < -0.39 is 0 Å². The van der Waals surface area contributed by atoms with Crippen molar-refractivity contribution in [2.75, 3.05) is 18.0 Å². The van der Waals surface area contributed by atoms with Crippen molar-refractivity contribution < 1.29 is 0 Å². The minimum Gasteiger partial charge on any atom is -0.356 e. The lowest BCUT2D eigenvalue weighted by Crippen LogP contribution is -2.36. The molecule has 2 rings (SSSR count). The van der Waals surface area contributed by atoms with E-state index in [0.717, 1.165) is 49.1 Å². The van der Waals surface area contributed by atoms with Crippen molar-refractivity contribution >= 4 is 17.4 Å². The monoisotopic (exact) mass is 281 g/mol. The molecule has 1 fully saturated rings. The number of piperidine rings is 1. The fraction of sp³-hybridized carbons (Fsp3) is 0.733. The SMILES string of the molecule is CCCc1c(Cl)ncnc1N1CCC(C(C)C)CC1. The first-order valence-corrected chi connectivity index (χ1v) is 7.75. The lowest BCUT2D eigenvalue weighted by molar-refractivity contribution is 0.310. The van der Waals surface area contributed by atoms with E-state index in [0.29, 0.717) is 5.15 Å². The number of hydrogen-bond acceptors (Lipinski definition) is 3. The van der Waals surface area contributed by atoms with Crippen molar-refractivity contribution in [1.82, 2.24) is 9.97 Å². The third-order valence-corrected chi connectivity index (χ3v) is 4.48. The van der Waals surface area contributed by atoms with Gasteiger partial charge in [-0.15, -0.1) is 0 Å². The zero-order chi connectivity index (χ0) is 13.8. The fourth-order valence-electron chi connectivity index (χ4n) is 2.90. The van der Waals surface area contributed by atoms with E-state index in [1.807, 2.05) is 0 Å². The van der Waals surface area contributed by atoms with E-state index in [-0.39, 0.29) is 0 Å². The van der Waals surface area contributed by atoms with Crippen LogP contribution in [0.2, 0.25) is 5.15 Å². The van der Waals surface area contributed by atoms with Gasteiger partial charge >= 0.3 is 0 Å². The molecular weight excluding hydrogens is 258 g/mol. The summed E-state index contributed by atoms with van der Waals surface area (Å²) in [5, 5.41) is 0.623. The molecule has 0 N–H and O–H groups in total. The smallest absolute Gasteiger partial charge is 0.137 e.